The van der Waals surface area contributed by atoms with Crippen LogP contribution in [0, 0.1) is 11.3 Å². The molecule has 2 aromatic heterocycles. The largest absolute Gasteiger partial charge is 0.381 e. The van der Waals surface area contributed by atoms with E-state index in [4.69, 9.17) is 4.74 Å². The second-order valence-corrected chi connectivity index (χ2v) is 9.48. The third-order valence-corrected chi connectivity index (χ3v) is 7.69. The van der Waals surface area contributed by atoms with Gasteiger partial charge in [-0.3, -0.25) is 0 Å². The van der Waals surface area contributed by atoms with E-state index < -0.39 is 0 Å². The van der Waals surface area contributed by atoms with E-state index in [2.05, 4.69) is 32.8 Å². The summed E-state index contributed by atoms with van der Waals surface area (Å²) in [6.07, 6.45) is 6.69. The molecule has 2 atom stereocenters. The zero-order valence-electron chi connectivity index (χ0n) is 15.6. The fourth-order valence-corrected chi connectivity index (χ4v) is 5.97. The molecule has 140 valence electrons. The van der Waals surface area contributed by atoms with Crippen LogP contribution < -0.4 is 4.90 Å². The van der Waals surface area contributed by atoms with E-state index in [-0.39, 0.29) is 0 Å². The summed E-state index contributed by atoms with van der Waals surface area (Å²) in [5, 5.41) is 1.25. The highest BCUT2D eigenvalue weighted by molar-refractivity contribution is 7.18. The van der Waals surface area contributed by atoms with Crippen molar-refractivity contribution in [2.45, 2.75) is 32.6 Å². The van der Waals surface area contributed by atoms with Gasteiger partial charge < -0.3 is 14.5 Å². The number of fused-ring (bicyclic) bond motifs is 1. The molecule has 0 aromatic carbocycles. The Kier molecular flexibility index (Phi) is 4.38. The van der Waals surface area contributed by atoms with E-state index in [0.717, 1.165) is 49.3 Å². The molecule has 3 aliphatic rings. The molecule has 0 bridgehead atoms. The van der Waals surface area contributed by atoms with Gasteiger partial charge in [-0.15, -0.1) is 11.3 Å². The molecule has 3 fully saturated rings. The number of nitrogens with zero attached hydrogens (tertiary/aromatic N) is 4. The first-order valence-electron chi connectivity index (χ1n) is 10.0. The van der Waals surface area contributed by atoms with Gasteiger partial charge in [0.15, 0.2) is 0 Å². The highest BCUT2D eigenvalue weighted by Crippen LogP contribution is 2.42. The highest BCUT2D eigenvalue weighted by Gasteiger charge is 2.44. The zero-order valence-corrected chi connectivity index (χ0v) is 16.4. The second-order valence-electron chi connectivity index (χ2n) is 8.37. The van der Waals surface area contributed by atoms with Gasteiger partial charge in [-0.05, 0) is 44.2 Å². The standard InChI is InChI=1S/C20H28N4OS/c1-2-16-9-17-18(21-14-22-19(17)26-16)24-7-5-20(13-24)4-6-23(12-20)10-15-3-8-25-11-15/h9,14-15H,2-8,10-13H2,1H3. The minimum absolute atomic E-state index is 0.459. The van der Waals surface area contributed by atoms with Gasteiger partial charge in [0.25, 0.3) is 0 Å². The van der Waals surface area contributed by atoms with E-state index >= 15 is 0 Å². The van der Waals surface area contributed by atoms with E-state index in [1.165, 1.54) is 49.2 Å². The predicted octanol–water partition coefficient (Wildman–Crippen LogP) is 3.19. The van der Waals surface area contributed by atoms with Gasteiger partial charge in [0.05, 0.1) is 12.0 Å². The summed E-state index contributed by atoms with van der Waals surface area (Å²) in [5.74, 6) is 1.91. The Morgan fingerprint density at radius 2 is 2.19 bits per heavy atom. The lowest BCUT2D eigenvalue weighted by atomic mass is 9.86. The molecule has 2 aromatic rings. The first-order chi connectivity index (χ1) is 12.7. The van der Waals surface area contributed by atoms with Crippen molar-refractivity contribution >= 4 is 27.4 Å². The van der Waals surface area contributed by atoms with Crippen molar-refractivity contribution in [1.29, 1.82) is 0 Å². The maximum atomic E-state index is 5.56. The van der Waals surface area contributed by atoms with Crippen molar-refractivity contribution in [2.24, 2.45) is 11.3 Å². The third-order valence-electron chi connectivity index (χ3n) is 6.50. The van der Waals surface area contributed by atoms with Gasteiger partial charge >= 0.3 is 0 Å². The van der Waals surface area contributed by atoms with Gasteiger partial charge in [-0.2, -0.15) is 0 Å². The van der Waals surface area contributed by atoms with E-state index in [1.807, 2.05) is 11.3 Å². The number of aryl methyl sites for hydroxylation is 1. The monoisotopic (exact) mass is 372 g/mol. The van der Waals surface area contributed by atoms with Crippen LogP contribution in [-0.4, -0.2) is 60.8 Å². The first-order valence-corrected chi connectivity index (χ1v) is 10.8. The van der Waals surface area contributed by atoms with E-state index in [9.17, 15) is 0 Å². The van der Waals surface area contributed by atoms with Crippen LogP contribution in [0.4, 0.5) is 5.82 Å². The quantitative estimate of drug-likeness (QED) is 0.824. The Morgan fingerprint density at radius 3 is 3.04 bits per heavy atom. The maximum Gasteiger partial charge on any atom is 0.140 e. The Labute approximate surface area is 159 Å². The van der Waals surface area contributed by atoms with Crippen molar-refractivity contribution in [3.8, 4) is 0 Å². The zero-order chi connectivity index (χ0) is 17.6. The topological polar surface area (TPSA) is 41.5 Å². The van der Waals surface area contributed by atoms with Gasteiger partial charge in [-0.1, -0.05) is 6.92 Å². The molecular weight excluding hydrogens is 344 g/mol. The first kappa shape index (κ1) is 16.9. The average Bonchev–Trinajstić information content (AvgIpc) is 3.43. The Morgan fingerprint density at radius 1 is 1.27 bits per heavy atom. The normalized spacial score (nSPS) is 29.6. The predicted molar refractivity (Wildman–Crippen MR) is 106 cm³/mol. The summed E-state index contributed by atoms with van der Waals surface area (Å²) >= 11 is 1.81. The minimum atomic E-state index is 0.459. The minimum Gasteiger partial charge on any atom is -0.381 e. The van der Waals surface area contributed by atoms with Crippen molar-refractivity contribution < 1.29 is 4.74 Å². The third kappa shape index (κ3) is 3.02. The Bertz CT molecular complexity index is 787. The molecule has 0 amide bonds. The summed E-state index contributed by atoms with van der Waals surface area (Å²) in [4.78, 5) is 16.9. The maximum absolute atomic E-state index is 5.56. The van der Waals surface area contributed by atoms with Crippen LogP contribution in [0.1, 0.15) is 31.1 Å². The fourth-order valence-electron chi connectivity index (χ4n) is 5.04. The lowest BCUT2D eigenvalue weighted by Gasteiger charge is -2.26. The van der Waals surface area contributed by atoms with Crippen molar-refractivity contribution in [1.82, 2.24) is 14.9 Å². The van der Waals surface area contributed by atoms with Crippen molar-refractivity contribution in [3.63, 3.8) is 0 Å². The van der Waals surface area contributed by atoms with Crippen LogP contribution in [0.25, 0.3) is 10.2 Å². The second kappa shape index (κ2) is 6.73. The van der Waals surface area contributed by atoms with Crippen LogP contribution in [0.5, 0.6) is 0 Å². The summed E-state index contributed by atoms with van der Waals surface area (Å²) in [6.45, 7) is 10.1. The molecular formula is C20H28N4OS. The van der Waals surface area contributed by atoms with Gasteiger partial charge in [-0.25, -0.2) is 9.97 Å². The molecule has 5 rings (SSSR count). The molecule has 0 N–H and O–H groups in total. The Balaban J connectivity index is 1.31. The summed E-state index contributed by atoms with van der Waals surface area (Å²) in [6, 6.07) is 2.31. The molecule has 0 aliphatic carbocycles. The molecule has 1 spiro atoms. The summed E-state index contributed by atoms with van der Waals surface area (Å²) in [7, 11) is 0. The molecule has 5 nitrogen and oxygen atoms in total. The fraction of sp³-hybridized carbons (Fsp3) is 0.700. The number of hydrogen-bond acceptors (Lipinski definition) is 6. The van der Waals surface area contributed by atoms with Crippen LogP contribution in [0.2, 0.25) is 0 Å². The van der Waals surface area contributed by atoms with E-state index in [1.54, 1.807) is 6.33 Å². The van der Waals surface area contributed by atoms with Gasteiger partial charge in [0.2, 0.25) is 0 Å². The van der Waals surface area contributed by atoms with Crippen LogP contribution >= 0.6 is 11.3 Å². The van der Waals surface area contributed by atoms with Gasteiger partial charge in [0.1, 0.15) is 17.0 Å². The van der Waals surface area contributed by atoms with Crippen LogP contribution in [-0.2, 0) is 11.2 Å². The molecule has 2 unspecified atom stereocenters. The Hall–Kier alpha value is -1.24. The molecule has 26 heavy (non-hydrogen) atoms. The molecule has 0 radical (unpaired) electrons. The van der Waals surface area contributed by atoms with E-state index in [0.29, 0.717) is 5.41 Å². The summed E-state index contributed by atoms with van der Waals surface area (Å²) in [5.41, 5.74) is 0.459. The number of thiophene rings is 1. The molecule has 0 saturated carbocycles. The molecule has 5 heterocycles. The van der Waals surface area contributed by atoms with Crippen molar-refractivity contribution in [3.05, 3.63) is 17.3 Å². The molecule has 6 heteroatoms. The number of anilines is 1. The molecule has 3 saturated heterocycles. The average molecular weight is 373 g/mol. The highest BCUT2D eigenvalue weighted by atomic mass is 32.1. The number of hydrogen-bond donors (Lipinski definition) is 0. The summed E-state index contributed by atoms with van der Waals surface area (Å²) < 4.78 is 5.56. The SMILES string of the molecule is CCc1cc2c(N3CCC4(CCN(CC5CCOC5)C4)C3)ncnc2s1. The van der Waals surface area contributed by atoms with Gasteiger partial charge in [0, 0.05) is 43.1 Å². The number of ether oxygens (including phenoxy) is 1. The number of rotatable bonds is 4. The number of likely N-dealkylation sites (tertiary alicyclic amines) is 1. The lowest BCUT2D eigenvalue weighted by Crippen LogP contribution is -2.33. The lowest BCUT2D eigenvalue weighted by molar-refractivity contribution is 0.170. The smallest absolute Gasteiger partial charge is 0.140 e. The molecule has 3 aliphatic heterocycles. The van der Waals surface area contributed by atoms with Crippen molar-refractivity contribution in [2.75, 3.05) is 50.8 Å². The van der Waals surface area contributed by atoms with Crippen LogP contribution in [0.15, 0.2) is 12.4 Å². The number of aromatic nitrogens is 2. The van der Waals surface area contributed by atoms with Crippen LogP contribution in [0.3, 0.4) is 0 Å².